The van der Waals surface area contributed by atoms with Crippen molar-refractivity contribution < 1.29 is 23.1 Å². The molecule has 0 fully saturated rings. The van der Waals surface area contributed by atoms with Gasteiger partial charge in [0.1, 0.15) is 22.9 Å². The highest BCUT2D eigenvalue weighted by Crippen LogP contribution is 2.52. The second-order valence-electron chi connectivity index (χ2n) is 10.8. The lowest BCUT2D eigenvalue weighted by molar-refractivity contribution is -0.120. The Hall–Kier alpha value is -3.02. The van der Waals surface area contributed by atoms with Crippen LogP contribution in [0.3, 0.4) is 0 Å². The molecule has 0 atom stereocenters. The standard InChI is InChI=1S/C26H25FO5/c1-25(2)8-16(28)22-19(10-25)32-20-11-26(3,4)9-17(29)23(20)21(22)15-12-31-18-7-13(27)5-6-14(18)24(15)30/h5-7,12,21H,8-11H2,1-4H3. The van der Waals surface area contributed by atoms with Gasteiger partial charge in [0.25, 0.3) is 0 Å². The van der Waals surface area contributed by atoms with E-state index < -0.39 is 11.7 Å². The highest BCUT2D eigenvalue weighted by atomic mass is 19.1. The van der Waals surface area contributed by atoms with Gasteiger partial charge < -0.3 is 9.15 Å². The molecule has 2 aromatic rings. The number of hydrogen-bond acceptors (Lipinski definition) is 5. The van der Waals surface area contributed by atoms with Crippen LogP contribution in [-0.2, 0) is 14.3 Å². The molecule has 2 aliphatic carbocycles. The zero-order chi connectivity index (χ0) is 23.0. The molecule has 0 bridgehead atoms. The second kappa shape index (κ2) is 6.74. The van der Waals surface area contributed by atoms with Crippen LogP contribution in [0.15, 0.2) is 56.3 Å². The minimum absolute atomic E-state index is 0.121. The molecule has 5 nitrogen and oxygen atoms in total. The molecule has 1 aromatic heterocycles. The Kier molecular flexibility index (Phi) is 4.39. The number of allylic oxidation sites excluding steroid dienone is 4. The van der Waals surface area contributed by atoms with Crippen LogP contribution in [0.2, 0.25) is 0 Å². The Labute approximate surface area is 184 Å². The fraction of sp³-hybridized carbons (Fsp3) is 0.423. The number of hydrogen-bond donors (Lipinski definition) is 0. The summed E-state index contributed by atoms with van der Waals surface area (Å²) in [7, 11) is 0. The molecule has 0 amide bonds. The van der Waals surface area contributed by atoms with Gasteiger partial charge in [0.2, 0.25) is 0 Å². The minimum atomic E-state index is -0.827. The molecule has 0 spiro atoms. The van der Waals surface area contributed by atoms with Gasteiger partial charge >= 0.3 is 0 Å². The molecule has 0 saturated carbocycles. The summed E-state index contributed by atoms with van der Waals surface area (Å²) in [4.78, 5) is 40.1. The summed E-state index contributed by atoms with van der Waals surface area (Å²) in [6, 6.07) is 3.73. The molecular formula is C26H25FO5. The lowest BCUT2D eigenvalue weighted by atomic mass is 9.66. The molecule has 32 heavy (non-hydrogen) atoms. The summed E-state index contributed by atoms with van der Waals surface area (Å²) in [5.41, 5.74) is 0.174. The first kappa shape index (κ1) is 20.9. The second-order valence-corrected chi connectivity index (χ2v) is 10.8. The molecule has 0 radical (unpaired) electrons. The van der Waals surface area contributed by atoms with E-state index in [1.807, 2.05) is 27.7 Å². The molecule has 5 rings (SSSR count). The molecule has 3 aliphatic rings. The number of fused-ring (bicyclic) bond motifs is 1. The van der Waals surface area contributed by atoms with Crippen molar-refractivity contribution in [3.63, 3.8) is 0 Å². The van der Waals surface area contributed by atoms with Gasteiger partial charge in [-0.1, -0.05) is 27.7 Å². The number of halogens is 1. The highest BCUT2D eigenvalue weighted by molar-refractivity contribution is 6.06. The normalized spacial score (nSPS) is 22.7. The van der Waals surface area contributed by atoms with Gasteiger partial charge in [-0.2, -0.15) is 0 Å². The molecular weight excluding hydrogens is 411 g/mol. The van der Waals surface area contributed by atoms with Crippen LogP contribution < -0.4 is 5.43 Å². The summed E-state index contributed by atoms with van der Waals surface area (Å²) in [5, 5.41) is 0.215. The predicted octanol–water partition coefficient (Wildman–Crippen LogP) is 5.33. The van der Waals surface area contributed by atoms with E-state index >= 15 is 0 Å². The average Bonchev–Trinajstić information content (AvgIpc) is 2.64. The van der Waals surface area contributed by atoms with Crippen molar-refractivity contribution in [3.8, 4) is 0 Å². The molecule has 1 aliphatic heterocycles. The van der Waals surface area contributed by atoms with Crippen molar-refractivity contribution in [2.75, 3.05) is 0 Å². The smallest absolute Gasteiger partial charge is 0.196 e. The molecule has 0 saturated heterocycles. The van der Waals surface area contributed by atoms with Crippen molar-refractivity contribution in [3.05, 3.63) is 68.7 Å². The van der Waals surface area contributed by atoms with E-state index in [4.69, 9.17) is 9.15 Å². The highest BCUT2D eigenvalue weighted by Gasteiger charge is 2.48. The van der Waals surface area contributed by atoms with Gasteiger partial charge in [0, 0.05) is 48.5 Å². The SMILES string of the molecule is CC1(C)CC(=O)C2=C(C1)OC1=C(C(=O)CC(C)(C)C1)C2c1coc2cc(F)ccc2c1=O. The summed E-state index contributed by atoms with van der Waals surface area (Å²) in [5.74, 6) is -0.498. The molecule has 0 N–H and O–H groups in total. The van der Waals surface area contributed by atoms with Gasteiger partial charge in [-0.25, -0.2) is 4.39 Å². The lowest BCUT2D eigenvalue weighted by Gasteiger charge is -2.42. The quantitative estimate of drug-likeness (QED) is 0.604. The number of rotatable bonds is 1. The third-order valence-electron chi connectivity index (χ3n) is 6.66. The Bertz CT molecular complexity index is 1270. The fourth-order valence-electron chi connectivity index (χ4n) is 5.30. The molecule has 2 heterocycles. The van der Waals surface area contributed by atoms with Crippen molar-refractivity contribution in [1.29, 1.82) is 0 Å². The summed E-state index contributed by atoms with van der Waals surface area (Å²) in [6.07, 6.45) is 2.96. The molecule has 0 unspecified atom stereocenters. The number of carbonyl (C=O) groups excluding carboxylic acids is 2. The number of carbonyl (C=O) groups is 2. The van der Waals surface area contributed by atoms with Crippen molar-refractivity contribution in [2.45, 2.75) is 59.3 Å². The monoisotopic (exact) mass is 436 g/mol. The van der Waals surface area contributed by atoms with Gasteiger partial charge in [-0.3, -0.25) is 14.4 Å². The van der Waals surface area contributed by atoms with Gasteiger partial charge in [-0.05, 0) is 23.0 Å². The first-order chi connectivity index (χ1) is 15.0. The number of Topliss-reactive ketones (excluding diaryl/α,β-unsaturated/α-hetero) is 2. The van der Waals surface area contributed by atoms with Gasteiger partial charge in [0.15, 0.2) is 17.0 Å². The van der Waals surface area contributed by atoms with E-state index in [1.165, 1.54) is 18.4 Å². The first-order valence-electron chi connectivity index (χ1n) is 10.9. The molecule has 1 aromatic carbocycles. The number of benzene rings is 1. The van der Waals surface area contributed by atoms with E-state index in [0.717, 1.165) is 6.07 Å². The van der Waals surface area contributed by atoms with Crippen LogP contribution >= 0.6 is 0 Å². The van der Waals surface area contributed by atoms with Crippen molar-refractivity contribution in [1.82, 2.24) is 0 Å². The van der Waals surface area contributed by atoms with E-state index in [0.29, 0.717) is 48.3 Å². The summed E-state index contributed by atoms with van der Waals surface area (Å²) in [6.45, 7) is 8.02. The minimum Gasteiger partial charge on any atom is -0.465 e. The van der Waals surface area contributed by atoms with Crippen LogP contribution in [0.5, 0.6) is 0 Å². The Morgan fingerprint density at radius 1 is 0.875 bits per heavy atom. The van der Waals surface area contributed by atoms with Crippen LogP contribution in [0.25, 0.3) is 11.0 Å². The van der Waals surface area contributed by atoms with E-state index in [9.17, 15) is 18.8 Å². The van der Waals surface area contributed by atoms with Gasteiger partial charge in [0.05, 0.1) is 17.6 Å². The summed E-state index contributed by atoms with van der Waals surface area (Å²) >= 11 is 0. The maximum Gasteiger partial charge on any atom is 0.196 e. The first-order valence-corrected chi connectivity index (χ1v) is 10.9. The Morgan fingerprint density at radius 2 is 1.44 bits per heavy atom. The number of ether oxygens (including phenoxy) is 1. The van der Waals surface area contributed by atoms with Crippen LogP contribution in [0.4, 0.5) is 4.39 Å². The Morgan fingerprint density at radius 3 is 2.00 bits per heavy atom. The van der Waals surface area contributed by atoms with Gasteiger partial charge in [-0.15, -0.1) is 0 Å². The zero-order valence-electron chi connectivity index (χ0n) is 18.6. The van der Waals surface area contributed by atoms with Crippen molar-refractivity contribution in [2.24, 2.45) is 10.8 Å². The fourth-order valence-corrected chi connectivity index (χ4v) is 5.30. The van der Waals surface area contributed by atoms with Crippen LogP contribution in [-0.4, -0.2) is 11.6 Å². The third kappa shape index (κ3) is 3.24. The largest absolute Gasteiger partial charge is 0.465 e. The zero-order valence-corrected chi connectivity index (χ0v) is 18.6. The summed E-state index contributed by atoms with van der Waals surface area (Å²) < 4.78 is 25.5. The lowest BCUT2D eigenvalue weighted by Crippen LogP contribution is -2.38. The van der Waals surface area contributed by atoms with Crippen LogP contribution in [0.1, 0.15) is 64.9 Å². The van der Waals surface area contributed by atoms with E-state index in [1.54, 1.807) is 0 Å². The topological polar surface area (TPSA) is 73.6 Å². The van der Waals surface area contributed by atoms with E-state index in [-0.39, 0.29) is 44.4 Å². The van der Waals surface area contributed by atoms with E-state index in [2.05, 4.69) is 0 Å². The average molecular weight is 436 g/mol. The maximum absolute atomic E-state index is 13.6. The third-order valence-corrected chi connectivity index (χ3v) is 6.66. The van der Waals surface area contributed by atoms with Crippen LogP contribution in [0, 0.1) is 16.6 Å². The van der Waals surface area contributed by atoms with Crippen molar-refractivity contribution >= 4 is 22.5 Å². The molecule has 166 valence electrons. The number of ketones is 2. The predicted molar refractivity (Wildman–Crippen MR) is 116 cm³/mol. The maximum atomic E-state index is 13.6. The molecule has 6 heteroatoms. The Balaban J connectivity index is 1.77.